The van der Waals surface area contributed by atoms with E-state index >= 15 is 0 Å². The molecule has 0 spiro atoms. The molecule has 0 aromatic carbocycles. The van der Waals surface area contributed by atoms with Crippen molar-refractivity contribution in [2.24, 2.45) is 22.8 Å². The molecular formula is C15H32N4O. The van der Waals surface area contributed by atoms with Gasteiger partial charge < -0.3 is 21.2 Å². The van der Waals surface area contributed by atoms with Crippen molar-refractivity contribution in [1.82, 2.24) is 10.6 Å². The number of nitrogens with one attached hydrogen (secondary N) is 2. The van der Waals surface area contributed by atoms with Gasteiger partial charge in [0.25, 0.3) is 0 Å². The van der Waals surface area contributed by atoms with Gasteiger partial charge >= 0.3 is 0 Å². The predicted octanol–water partition coefficient (Wildman–Crippen LogP) is 1.71. The molecular weight excluding hydrogens is 252 g/mol. The summed E-state index contributed by atoms with van der Waals surface area (Å²) in [7, 11) is 1.88. The fourth-order valence-corrected chi connectivity index (χ4v) is 2.15. The Bertz CT molecular complexity index is 315. The molecule has 0 radical (unpaired) electrons. The van der Waals surface area contributed by atoms with Gasteiger partial charge in [0.15, 0.2) is 0 Å². The summed E-state index contributed by atoms with van der Waals surface area (Å²) in [6.45, 7) is 13.1. The summed E-state index contributed by atoms with van der Waals surface area (Å²) in [5.74, 6) is 6.12. The van der Waals surface area contributed by atoms with E-state index in [1.54, 1.807) is 0 Å². The number of rotatable bonds is 10. The standard InChI is InChI=1S/C15H32N4O/c1-7-14(17-6)15(19-16)12(4)11(3)13(5)20-10-9-18-8-2/h7,11-13,17-18H,8-10,16H2,1-6H3/b14-7+,19-15+/t11?,12?,13-/m1/s1. The number of hydrogen-bond donors (Lipinski definition) is 3. The Morgan fingerprint density at radius 2 is 2.00 bits per heavy atom. The topological polar surface area (TPSA) is 71.7 Å². The number of hydrogen-bond acceptors (Lipinski definition) is 5. The van der Waals surface area contributed by atoms with Crippen molar-refractivity contribution < 1.29 is 4.74 Å². The average Bonchev–Trinajstić information content (AvgIpc) is 2.47. The molecule has 0 saturated carbocycles. The van der Waals surface area contributed by atoms with E-state index in [2.05, 4.69) is 43.4 Å². The molecule has 5 nitrogen and oxygen atoms in total. The highest BCUT2D eigenvalue weighted by atomic mass is 16.5. The number of hydrazone groups is 1. The maximum Gasteiger partial charge on any atom is 0.0859 e. The lowest BCUT2D eigenvalue weighted by Gasteiger charge is -2.28. The average molecular weight is 284 g/mol. The molecule has 0 aromatic heterocycles. The van der Waals surface area contributed by atoms with Gasteiger partial charge in [-0.1, -0.05) is 26.8 Å². The van der Waals surface area contributed by atoms with Crippen LogP contribution in [0.3, 0.4) is 0 Å². The molecule has 0 rings (SSSR count). The van der Waals surface area contributed by atoms with Gasteiger partial charge in [0.05, 0.1) is 24.1 Å². The van der Waals surface area contributed by atoms with E-state index in [4.69, 9.17) is 10.6 Å². The third-order valence-electron chi connectivity index (χ3n) is 3.84. The first-order valence-electron chi connectivity index (χ1n) is 7.47. The van der Waals surface area contributed by atoms with Crippen LogP contribution in [0.4, 0.5) is 0 Å². The summed E-state index contributed by atoms with van der Waals surface area (Å²) in [6, 6.07) is 0. The molecule has 2 unspecified atom stereocenters. The van der Waals surface area contributed by atoms with Crippen LogP contribution in [0.1, 0.15) is 34.6 Å². The van der Waals surface area contributed by atoms with Gasteiger partial charge in [-0.2, -0.15) is 5.10 Å². The molecule has 0 saturated heterocycles. The predicted molar refractivity (Wildman–Crippen MR) is 86.7 cm³/mol. The van der Waals surface area contributed by atoms with Gasteiger partial charge in [-0.15, -0.1) is 0 Å². The molecule has 0 amide bonds. The smallest absolute Gasteiger partial charge is 0.0859 e. The van der Waals surface area contributed by atoms with E-state index < -0.39 is 0 Å². The molecule has 0 aliphatic carbocycles. The lowest BCUT2D eigenvalue weighted by Crippen LogP contribution is -2.34. The summed E-state index contributed by atoms with van der Waals surface area (Å²) >= 11 is 0. The van der Waals surface area contributed by atoms with Crippen LogP contribution in [0.15, 0.2) is 16.9 Å². The van der Waals surface area contributed by atoms with Gasteiger partial charge in [0.2, 0.25) is 0 Å². The van der Waals surface area contributed by atoms with Gasteiger partial charge in [-0.3, -0.25) is 0 Å². The van der Waals surface area contributed by atoms with Crippen LogP contribution in [-0.4, -0.2) is 38.6 Å². The zero-order chi connectivity index (χ0) is 15.5. The SMILES string of the molecule is C/C=C(NC)\C(=N\N)C(C)C(C)[C@@H](C)OCCNCC. The zero-order valence-electron chi connectivity index (χ0n) is 13.9. The molecule has 0 bridgehead atoms. The second-order valence-electron chi connectivity index (χ2n) is 5.04. The Labute approximate surface area is 124 Å². The van der Waals surface area contributed by atoms with Crippen LogP contribution in [-0.2, 0) is 4.74 Å². The van der Waals surface area contributed by atoms with E-state index in [0.29, 0.717) is 5.92 Å². The first-order chi connectivity index (χ1) is 9.53. The maximum absolute atomic E-state index is 5.87. The molecule has 5 heteroatoms. The minimum absolute atomic E-state index is 0.162. The lowest BCUT2D eigenvalue weighted by atomic mass is 9.86. The highest BCUT2D eigenvalue weighted by Crippen LogP contribution is 2.21. The summed E-state index contributed by atoms with van der Waals surface area (Å²) in [4.78, 5) is 0. The Morgan fingerprint density at radius 3 is 2.45 bits per heavy atom. The van der Waals surface area contributed by atoms with Crippen molar-refractivity contribution >= 4 is 5.71 Å². The summed E-state index contributed by atoms with van der Waals surface area (Å²) in [5.41, 5.74) is 1.87. The van der Waals surface area contributed by atoms with Crippen molar-refractivity contribution in [3.05, 3.63) is 11.8 Å². The highest BCUT2D eigenvalue weighted by molar-refractivity contribution is 6.01. The van der Waals surface area contributed by atoms with Crippen LogP contribution in [0.5, 0.6) is 0 Å². The second-order valence-corrected chi connectivity index (χ2v) is 5.04. The van der Waals surface area contributed by atoms with Crippen LogP contribution in [0.2, 0.25) is 0 Å². The van der Waals surface area contributed by atoms with Crippen LogP contribution in [0, 0.1) is 11.8 Å². The van der Waals surface area contributed by atoms with Crippen molar-refractivity contribution in [2.45, 2.75) is 40.7 Å². The highest BCUT2D eigenvalue weighted by Gasteiger charge is 2.25. The van der Waals surface area contributed by atoms with Gasteiger partial charge in [0, 0.05) is 19.5 Å². The molecule has 0 heterocycles. The van der Waals surface area contributed by atoms with Crippen LogP contribution in [0.25, 0.3) is 0 Å². The monoisotopic (exact) mass is 284 g/mol. The summed E-state index contributed by atoms with van der Waals surface area (Å²) in [6.07, 6.45) is 2.15. The first kappa shape index (κ1) is 18.9. The number of allylic oxidation sites excluding steroid dienone is 2. The zero-order valence-corrected chi connectivity index (χ0v) is 13.9. The van der Waals surface area contributed by atoms with Crippen LogP contribution >= 0.6 is 0 Å². The molecule has 118 valence electrons. The summed E-state index contributed by atoms with van der Waals surface area (Å²) < 4.78 is 5.87. The Hall–Kier alpha value is -1.07. The normalized spacial score (nSPS) is 17.7. The van der Waals surface area contributed by atoms with E-state index in [9.17, 15) is 0 Å². The van der Waals surface area contributed by atoms with E-state index in [1.165, 1.54) is 0 Å². The van der Waals surface area contributed by atoms with Crippen LogP contribution < -0.4 is 16.5 Å². The minimum atomic E-state index is 0.162. The number of likely N-dealkylation sites (N-methyl/N-ethyl adjacent to an activating group) is 1. The van der Waals surface area contributed by atoms with Crippen molar-refractivity contribution in [2.75, 3.05) is 26.7 Å². The Kier molecular flexibility index (Phi) is 10.1. The molecule has 0 aliphatic heterocycles. The Morgan fingerprint density at radius 1 is 1.35 bits per heavy atom. The Balaban J connectivity index is 4.54. The molecule has 0 aromatic rings. The van der Waals surface area contributed by atoms with Crippen molar-refractivity contribution in [3.8, 4) is 0 Å². The lowest BCUT2D eigenvalue weighted by molar-refractivity contribution is 0.0240. The molecule has 0 fully saturated rings. The van der Waals surface area contributed by atoms with E-state index in [1.807, 2.05) is 20.0 Å². The third kappa shape index (κ3) is 5.92. The molecule has 4 N–H and O–H groups in total. The van der Waals surface area contributed by atoms with E-state index in [0.717, 1.165) is 31.1 Å². The van der Waals surface area contributed by atoms with Gasteiger partial charge in [0.1, 0.15) is 0 Å². The third-order valence-corrected chi connectivity index (χ3v) is 3.84. The van der Waals surface area contributed by atoms with Crippen molar-refractivity contribution in [3.63, 3.8) is 0 Å². The molecule has 20 heavy (non-hydrogen) atoms. The number of nitrogens with two attached hydrogens (primary N) is 1. The maximum atomic E-state index is 5.87. The molecule has 0 aliphatic rings. The van der Waals surface area contributed by atoms with Gasteiger partial charge in [-0.25, -0.2) is 0 Å². The largest absolute Gasteiger partial charge is 0.387 e. The minimum Gasteiger partial charge on any atom is -0.387 e. The fourth-order valence-electron chi connectivity index (χ4n) is 2.15. The molecule has 3 atom stereocenters. The number of nitrogens with zero attached hydrogens (tertiary/aromatic N) is 1. The van der Waals surface area contributed by atoms with Gasteiger partial charge in [-0.05, 0) is 26.3 Å². The van der Waals surface area contributed by atoms with Crippen molar-refractivity contribution in [1.29, 1.82) is 0 Å². The second kappa shape index (κ2) is 10.7. The fraction of sp³-hybridized carbons (Fsp3) is 0.800. The first-order valence-corrected chi connectivity index (χ1v) is 7.47. The quantitative estimate of drug-likeness (QED) is 0.247. The van der Waals surface area contributed by atoms with E-state index in [-0.39, 0.29) is 12.0 Å². The summed E-state index contributed by atoms with van der Waals surface area (Å²) in [5, 5.41) is 10.4. The number of ether oxygens (including phenoxy) is 1.